The average Bonchev–Trinajstić information content (AvgIpc) is 2.65. The van der Waals surface area contributed by atoms with Crippen LogP contribution in [-0.2, 0) is 6.54 Å². The zero-order chi connectivity index (χ0) is 17.8. The zero-order valence-electron chi connectivity index (χ0n) is 14.2. The van der Waals surface area contributed by atoms with Gasteiger partial charge in [-0.25, -0.2) is 9.97 Å². The Kier molecular flexibility index (Phi) is 5.09. The van der Waals surface area contributed by atoms with E-state index >= 15 is 0 Å². The van der Waals surface area contributed by atoms with Gasteiger partial charge in [0.1, 0.15) is 5.52 Å². The molecule has 0 atom stereocenters. The highest BCUT2D eigenvalue weighted by atomic mass is 35.5. The summed E-state index contributed by atoms with van der Waals surface area (Å²) in [7, 11) is 4.71. The van der Waals surface area contributed by atoms with Gasteiger partial charge < -0.3 is 19.5 Å². The monoisotopic (exact) mass is 359 g/mol. The number of halogens is 1. The minimum Gasteiger partial charge on any atom is -0.493 e. The van der Waals surface area contributed by atoms with Gasteiger partial charge >= 0.3 is 0 Å². The molecule has 1 heterocycles. The molecule has 0 saturated carbocycles. The summed E-state index contributed by atoms with van der Waals surface area (Å²) in [4.78, 5) is 8.90. The quantitative estimate of drug-likeness (QED) is 0.719. The number of hydrogen-bond acceptors (Lipinski definition) is 6. The lowest BCUT2D eigenvalue weighted by atomic mass is 10.2. The van der Waals surface area contributed by atoms with Crippen LogP contribution in [0.1, 0.15) is 5.56 Å². The van der Waals surface area contributed by atoms with Crippen LogP contribution >= 0.6 is 11.6 Å². The first-order valence-corrected chi connectivity index (χ1v) is 7.98. The van der Waals surface area contributed by atoms with E-state index in [0.29, 0.717) is 40.3 Å². The standard InChI is InChI=1S/C18H18ClN3O3/c1-23-14-8-12-10-21-18(20-9-11-4-6-13(19)7-5-11)22-15(12)17(25-3)16(14)24-2/h4-8,10H,9H2,1-3H3,(H,20,21,22). The third kappa shape index (κ3) is 3.53. The molecule has 0 fully saturated rings. The molecule has 0 saturated heterocycles. The van der Waals surface area contributed by atoms with E-state index in [1.807, 2.05) is 30.3 Å². The molecule has 25 heavy (non-hydrogen) atoms. The minimum absolute atomic E-state index is 0.493. The summed E-state index contributed by atoms with van der Waals surface area (Å²) in [6.07, 6.45) is 1.72. The van der Waals surface area contributed by atoms with Crippen molar-refractivity contribution in [2.45, 2.75) is 6.54 Å². The normalized spacial score (nSPS) is 10.6. The van der Waals surface area contributed by atoms with Crippen LogP contribution in [0.5, 0.6) is 17.2 Å². The molecule has 0 aliphatic heterocycles. The summed E-state index contributed by atoms with van der Waals surface area (Å²) in [5.74, 6) is 2.07. The summed E-state index contributed by atoms with van der Waals surface area (Å²) in [5, 5.41) is 4.70. The summed E-state index contributed by atoms with van der Waals surface area (Å²) in [5.41, 5.74) is 1.72. The van der Waals surface area contributed by atoms with Gasteiger partial charge in [0, 0.05) is 23.2 Å². The van der Waals surface area contributed by atoms with Crippen molar-refractivity contribution < 1.29 is 14.2 Å². The Balaban J connectivity index is 1.94. The van der Waals surface area contributed by atoms with Gasteiger partial charge in [0.15, 0.2) is 11.5 Å². The summed E-state index contributed by atoms with van der Waals surface area (Å²) in [6, 6.07) is 9.41. The molecule has 7 heteroatoms. The number of methoxy groups -OCH3 is 3. The van der Waals surface area contributed by atoms with Crippen LogP contribution in [0.4, 0.5) is 5.95 Å². The van der Waals surface area contributed by atoms with E-state index in [1.54, 1.807) is 27.5 Å². The second-order valence-electron chi connectivity index (χ2n) is 5.26. The predicted octanol–water partition coefficient (Wildman–Crippen LogP) is 3.92. The van der Waals surface area contributed by atoms with Gasteiger partial charge in [-0.1, -0.05) is 23.7 Å². The fourth-order valence-corrected chi connectivity index (χ4v) is 2.63. The van der Waals surface area contributed by atoms with Crippen LogP contribution < -0.4 is 19.5 Å². The molecule has 3 rings (SSSR count). The molecule has 2 aromatic carbocycles. The molecular weight excluding hydrogens is 342 g/mol. The molecule has 0 bridgehead atoms. The van der Waals surface area contributed by atoms with Crippen molar-refractivity contribution in [1.82, 2.24) is 9.97 Å². The molecular formula is C18H18ClN3O3. The lowest BCUT2D eigenvalue weighted by Crippen LogP contribution is -2.04. The summed E-state index contributed by atoms with van der Waals surface area (Å²) >= 11 is 5.90. The zero-order valence-corrected chi connectivity index (χ0v) is 14.9. The number of benzene rings is 2. The number of anilines is 1. The van der Waals surface area contributed by atoms with Gasteiger partial charge in [-0.15, -0.1) is 0 Å². The molecule has 0 amide bonds. The summed E-state index contributed by atoms with van der Waals surface area (Å²) in [6.45, 7) is 0.582. The Morgan fingerprint density at radius 2 is 1.72 bits per heavy atom. The minimum atomic E-state index is 0.493. The highest BCUT2D eigenvalue weighted by Crippen LogP contribution is 2.42. The molecule has 130 valence electrons. The topological polar surface area (TPSA) is 65.5 Å². The number of rotatable bonds is 6. The molecule has 0 aliphatic carbocycles. The van der Waals surface area contributed by atoms with Crippen LogP contribution in [0.2, 0.25) is 5.02 Å². The maximum atomic E-state index is 5.90. The second kappa shape index (κ2) is 7.44. The second-order valence-corrected chi connectivity index (χ2v) is 5.69. The highest BCUT2D eigenvalue weighted by molar-refractivity contribution is 6.30. The Morgan fingerprint density at radius 3 is 2.36 bits per heavy atom. The van der Waals surface area contributed by atoms with Crippen molar-refractivity contribution in [2.24, 2.45) is 0 Å². The highest BCUT2D eigenvalue weighted by Gasteiger charge is 2.17. The van der Waals surface area contributed by atoms with Crippen molar-refractivity contribution in [3.05, 3.63) is 47.1 Å². The van der Waals surface area contributed by atoms with Gasteiger partial charge in [0.05, 0.1) is 21.3 Å². The van der Waals surface area contributed by atoms with E-state index in [4.69, 9.17) is 25.8 Å². The lowest BCUT2D eigenvalue weighted by Gasteiger charge is -2.14. The maximum Gasteiger partial charge on any atom is 0.223 e. The number of hydrogen-bond donors (Lipinski definition) is 1. The third-order valence-corrected chi connectivity index (χ3v) is 3.99. The van der Waals surface area contributed by atoms with Crippen molar-refractivity contribution in [1.29, 1.82) is 0 Å². The van der Waals surface area contributed by atoms with Crippen molar-refractivity contribution in [2.75, 3.05) is 26.6 Å². The van der Waals surface area contributed by atoms with E-state index in [0.717, 1.165) is 10.9 Å². The number of nitrogens with zero attached hydrogens (tertiary/aromatic N) is 2. The van der Waals surface area contributed by atoms with Crippen LogP contribution in [0, 0.1) is 0 Å². The van der Waals surface area contributed by atoms with Crippen LogP contribution in [0.15, 0.2) is 36.5 Å². The van der Waals surface area contributed by atoms with Gasteiger partial charge in [0.2, 0.25) is 11.7 Å². The van der Waals surface area contributed by atoms with E-state index in [9.17, 15) is 0 Å². The number of ether oxygens (including phenoxy) is 3. The maximum absolute atomic E-state index is 5.90. The van der Waals surface area contributed by atoms with Crippen LogP contribution in [0.25, 0.3) is 10.9 Å². The van der Waals surface area contributed by atoms with Crippen molar-refractivity contribution in [3.8, 4) is 17.2 Å². The molecule has 0 unspecified atom stereocenters. The summed E-state index contributed by atoms with van der Waals surface area (Å²) < 4.78 is 16.2. The molecule has 6 nitrogen and oxygen atoms in total. The first-order valence-electron chi connectivity index (χ1n) is 7.60. The van der Waals surface area contributed by atoms with Gasteiger partial charge in [0.25, 0.3) is 0 Å². The lowest BCUT2D eigenvalue weighted by molar-refractivity contribution is 0.327. The fourth-order valence-electron chi connectivity index (χ4n) is 2.51. The third-order valence-electron chi connectivity index (χ3n) is 3.74. The Bertz CT molecular complexity index is 885. The molecule has 0 aliphatic rings. The fraction of sp³-hybridized carbons (Fsp3) is 0.222. The molecule has 1 aromatic heterocycles. The van der Waals surface area contributed by atoms with Gasteiger partial charge in [-0.2, -0.15) is 0 Å². The smallest absolute Gasteiger partial charge is 0.223 e. The van der Waals surface area contributed by atoms with Crippen molar-refractivity contribution in [3.63, 3.8) is 0 Å². The molecule has 3 aromatic rings. The first-order chi connectivity index (χ1) is 12.2. The number of fused-ring (bicyclic) bond motifs is 1. The predicted molar refractivity (Wildman–Crippen MR) is 98.0 cm³/mol. The number of nitrogens with one attached hydrogen (secondary N) is 1. The molecule has 1 N–H and O–H groups in total. The largest absolute Gasteiger partial charge is 0.493 e. The first kappa shape index (κ1) is 17.1. The van der Waals surface area contributed by atoms with Crippen molar-refractivity contribution >= 4 is 28.5 Å². The molecule has 0 radical (unpaired) electrons. The van der Waals surface area contributed by atoms with E-state index in [-0.39, 0.29) is 0 Å². The van der Waals surface area contributed by atoms with E-state index in [2.05, 4.69) is 15.3 Å². The average molecular weight is 360 g/mol. The SMILES string of the molecule is COc1cc2cnc(NCc3ccc(Cl)cc3)nc2c(OC)c1OC. The van der Waals surface area contributed by atoms with E-state index in [1.165, 1.54) is 0 Å². The van der Waals surface area contributed by atoms with Crippen LogP contribution in [0.3, 0.4) is 0 Å². The van der Waals surface area contributed by atoms with E-state index < -0.39 is 0 Å². The Morgan fingerprint density at radius 1 is 1.00 bits per heavy atom. The number of aromatic nitrogens is 2. The van der Waals surface area contributed by atoms with Crippen LogP contribution in [-0.4, -0.2) is 31.3 Å². The van der Waals surface area contributed by atoms with Gasteiger partial charge in [-0.05, 0) is 23.8 Å². The Hall–Kier alpha value is -2.73. The van der Waals surface area contributed by atoms with Gasteiger partial charge in [-0.3, -0.25) is 0 Å². The molecule has 0 spiro atoms. The Labute approximate surface area is 150 Å².